The fourth-order valence-electron chi connectivity index (χ4n) is 2.10. The molecule has 1 atom stereocenters. The molecule has 0 heterocycles. The summed E-state index contributed by atoms with van der Waals surface area (Å²) < 4.78 is 0. The van der Waals surface area contributed by atoms with Gasteiger partial charge in [-0.25, -0.2) is 0 Å². The van der Waals surface area contributed by atoms with Crippen LogP contribution in [0.2, 0.25) is 0 Å². The zero-order valence-corrected chi connectivity index (χ0v) is 11.6. The maximum absolute atomic E-state index is 12.2. The summed E-state index contributed by atoms with van der Waals surface area (Å²) in [7, 11) is 0. The van der Waals surface area contributed by atoms with Crippen LogP contribution in [0.15, 0.2) is 6.07 Å². The highest BCUT2D eigenvalue weighted by Gasteiger charge is 2.21. The fraction of sp³-hybridized carbons (Fsp3) is 0.467. The van der Waals surface area contributed by atoms with Crippen LogP contribution in [0.5, 0.6) is 0 Å². The first-order chi connectivity index (χ1) is 8.25. The standard InChI is InChI=1S/C15H20O3/c1-8-6-9(2)12(5)14(11(8)4)13(16)7-10(3)15(17)18/h6,10H,7H2,1-5H3,(H,17,18). The zero-order chi connectivity index (χ0) is 14.0. The molecule has 0 amide bonds. The van der Waals surface area contributed by atoms with Gasteiger partial charge in [0.15, 0.2) is 5.78 Å². The predicted molar refractivity (Wildman–Crippen MR) is 71.1 cm³/mol. The largest absolute Gasteiger partial charge is 0.481 e. The summed E-state index contributed by atoms with van der Waals surface area (Å²) in [5.41, 5.74) is 4.76. The number of aryl methyl sites for hydroxylation is 2. The molecule has 98 valence electrons. The summed E-state index contributed by atoms with van der Waals surface area (Å²) in [5, 5.41) is 8.87. The van der Waals surface area contributed by atoms with Crippen LogP contribution in [-0.4, -0.2) is 16.9 Å². The highest BCUT2D eigenvalue weighted by molar-refractivity contribution is 6.00. The Morgan fingerprint density at radius 2 is 1.56 bits per heavy atom. The third kappa shape index (κ3) is 2.78. The van der Waals surface area contributed by atoms with Crippen molar-refractivity contribution in [2.75, 3.05) is 0 Å². The minimum Gasteiger partial charge on any atom is -0.481 e. The third-order valence-electron chi connectivity index (χ3n) is 3.56. The second-order valence-corrected chi connectivity index (χ2v) is 5.00. The van der Waals surface area contributed by atoms with Crippen molar-refractivity contribution >= 4 is 11.8 Å². The van der Waals surface area contributed by atoms with E-state index < -0.39 is 11.9 Å². The van der Waals surface area contributed by atoms with Gasteiger partial charge in [0.25, 0.3) is 0 Å². The van der Waals surface area contributed by atoms with Crippen LogP contribution in [0.4, 0.5) is 0 Å². The van der Waals surface area contributed by atoms with E-state index in [4.69, 9.17) is 5.11 Å². The van der Waals surface area contributed by atoms with Crippen molar-refractivity contribution in [1.82, 2.24) is 0 Å². The van der Waals surface area contributed by atoms with E-state index >= 15 is 0 Å². The van der Waals surface area contributed by atoms with E-state index in [1.165, 1.54) is 0 Å². The summed E-state index contributed by atoms with van der Waals surface area (Å²) in [4.78, 5) is 23.1. The van der Waals surface area contributed by atoms with Gasteiger partial charge in [0.1, 0.15) is 0 Å². The van der Waals surface area contributed by atoms with Gasteiger partial charge in [-0.1, -0.05) is 13.0 Å². The molecule has 0 spiro atoms. The molecule has 1 rings (SSSR count). The molecule has 0 radical (unpaired) electrons. The highest BCUT2D eigenvalue weighted by Crippen LogP contribution is 2.24. The van der Waals surface area contributed by atoms with Gasteiger partial charge in [-0.3, -0.25) is 9.59 Å². The van der Waals surface area contributed by atoms with Crippen LogP contribution in [0.25, 0.3) is 0 Å². The van der Waals surface area contributed by atoms with Gasteiger partial charge < -0.3 is 5.11 Å². The molecule has 1 unspecified atom stereocenters. The average molecular weight is 248 g/mol. The van der Waals surface area contributed by atoms with Crippen molar-refractivity contribution in [3.63, 3.8) is 0 Å². The minimum absolute atomic E-state index is 0.0555. The van der Waals surface area contributed by atoms with E-state index in [9.17, 15) is 9.59 Å². The number of Topliss-reactive ketones (excluding diaryl/α,β-unsaturated/α-hetero) is 1. The number of rotatable bonds is 4. The molecule has 0 bridgehead atoms. The summed E-state index contributed by atoms with van der Waals surface area (Å²) in [5.74, 6) is -1.65. The van der Waals surface area contributed by atoms with Crippen LogP contribution in [0, 0.1) is 33.6 Å². The lowest BCUT2D eigenvalue weighted by atomic mass is 9.89. The molecule has 1 aromatic rings. The van der Waals surface area contributed by atoms with Gasteiger partial charge in [0.2, 0.25) is 0 Å². The van der Waals surface area contributed by atoms with Crippen LogP contribution in [-0.2, 0) is 4.79 Å². The molecule has 3 nitrogen and oxygen atoms in total. The molecule has 1 N–H and O–H groups in total. The number of aliphatic carboxylic acids is 1. The maximum Gasteiger partial charge on any atom is 0.306 e. The number of carbonyl (C=O) groups excluding carboxylic acids is 1. The first-order valence-corrected chi connectivity index (χ1v) is 6.09. The van der Waals surface area contributed by atoms with E-state index in [2.05, 4.69) is 6.07 Å². The molecule has 0 saturated heterocycles. The predicted octanol–water partition coefficient (Wildman–Crippen LogP) is 3.21. The van der Waals surface area contributed by atoms with Gasteiger partial charge in [-0.05, 0) is 49.9 Å². The lowest BCUT2D eigenvalue weighted by Gasteiger charge is -2.15. The van der Waals surface area contributed by atoms with Crippen molar-refractivity contribution < 1.29 is 14.7 Å². The number of carbonyl (C=O) groups is 2. The Kier molecular flexibility index (Phi) is 4.28. The van der Waals surface area contributed by atoms with Gasteiger partial charge in [-0.15, -0.1) is 0 Å². The Hall–Kier alpha value is -1.64. The number of hydrogen-bond donors (Lipinski definition) is 1. The Labute approximate surface area is 108 Å². The van der Waals surface area contributed by atoms with Crippen molar-refractivity contribution in [1.29, 1.82) is 0 Å². The Morgan fingerprint density at radius 3 is 1.94 bits per heavy atom. The number of benzene rings is 1. The van der Waals surface area contributed by atoms with E-state index in [-0.39, 0.29) is 12.2 Å². The number of carboxylic acids is 1. The number of hydrogen-bond acceptors (Lipinski definition) is 2. The molecular formula is C15H20O3. The minimum atomic E-state index is -0.928. The van der Waals surface area contributed by atoms with Crippen molar-refractivity contribution in [2.24, 2.45) is 5.92 Å². The molecule has 3 heteroatoms. The van der Waals surface area contributed by atoms with Crippen molar-refractivity contribution in [3.8, 4) is 0 Å². The van der Waals surface area contributed by atoms with Crippen LogP contribution < -0.4 is 0 Å². The van der Waals surface area contributed by atoms with Crippen LogP contribution in [0.3, 0.4) is 0 Å². The van der Waals surface area contributed by atoms with E-state index in [1.807, 2.05) is 27.7 Å². The SMILES string of the molecule is Cc1cc(C)c(C)c(C(=O)CC(C)C(=O)O)c1C. The quantitative estimate of drug-likeness (QED) is 0.832. The van der Waals surface area contributed by atoms with E-state index in [0.717, 1.165) is 22.3 Å². The summed E-state index contributed by atoms with van der Waals surface area (Å²) in [6.45, 7) is 9.34. The van der Waals surface area contributed by atoms with Gasteiger partial charge in [0, 0.05) is 12.0 Å². The van der Waals surface area contributed by atoms with Gasteiger partial charge in [0.05, 0.1) is 5.92 Å². The fourth-order valence-corrected chi connectivity index (χ4v) is 2.10. The normalized spacial score (nSPS) is 12.3. The second-order valence-electron chi connectivity index (χ2n) is 5.00. The lowest BCUT2D eigenvalue weighted by Crippen LogP contribution is -2.17. The Morgan fingerprint density at radius 1 is 1.11 bits per heavy atom. The monoisotopic (exact) mass is 248 g/mol. The summed E-state index contributed by atoms with van der Waals surface area (Å²) in [6.07, 6.45) is 0.0555. The molecule has 1 aromatic carbocycles. The van der Waals surface area contributed by atoms with Gasteiger partial charge in [-0.2, -0.15) is 0 Å². The summed E-state index contributed by atoms with van der Waals surface area (Å²) >= 11 is 0. The molecule has 0 aliphatic carbocycles. The lowest BCUT2D eigenvalue weighted by molar-refractivity contribution is -0.141. The maximum atomic E-state index is 12.2. The topological polar surface area (TPSA) is 54.4 Å². The molecule has 0 aliphatic rings. The first kappa shape index (κ1) is 14.4. The van der Waals surface area contributed by atoms with Crippen LogP contribution in [0.1, 0.15) is 46.0 Å². The molecule has 0 saturated carbocycles. The van der Waals surface area contributed by atoms with E-state index in [1.54, 1.807) is 6.92 Å². The first-order valence-electron chi connectivity index (χ1n) is 6.09. The molecule has 18 heavy (non-hydrogen) atoms. The Bertz CT molecular complexity index is 475. The van der Waals surface area contributed by atoms with Crippen molar-refractivity contribution in [3.05, 3.63) is 33.9 Å². The Balaban J connectivity index is 3.17. The average Bonchev–Trinajstić information content (AvgIpc) is 2.26. The molecule has 0 aromatic heterocycles. The second kappa shape index (κ2) is 5.34. The number of carboxylic acid groups (broad SMARTS) is 1. The molecule has 0 aliphatic heterocycles. The third-order valence-corrected chi connectivity index (χ3v) is 3.56. The van der Waals surface area contributed by atoms with E-state index in [0.29, 0.717) is 5.56 Å². The molecule has 0 fully saturated rings. The van der Waals surface area contributed by atoms with Gasteiger partial charge >= 0.3 is 5.97 Å². The molecular weight excluding hydrogens is 228 g/mol. The number of ketones is 1. The smallest absolute Gasteiger partial charge is 0.306 e. The zero-order valence-electron chi connectivity index (χ0n) is 11.6. The van der Waals surface area contributed by atoms with Crippen molar-refractivity contribution in [2.45, 2.75) is 41.0 Å². The summed E-state index contributed by atoms with van der Waals surface area (Å²) in [6, 6.07) is 2.06. The van der Waals surface area contributed by atoms with Crippen LogP contribution >= 0.6 is 0 Å². The highest BCUT2D eigenvalue weighted by atomic mass is 16.4.